The third-order valence-electron chi connectivity index (χ3n) is 4.91. The summed E-state index contributed by atoms with van der Waals surface area (Å²) in [6.07, 6.45) is 0. The second-order valence-electron chi connectivity index (χ2n) is 6.71. The number of aromatic nitrogens is 1. The van der Waals surface area contributed by atoms with Crippen molar-refractivity contribution in [1.29, 1.82) is 0 Å². The lowest BCUT2D eigenvalue weighted by molar-refractivity contribution is 0.0615. The number of hydrogen-bond donors (Lipinski definition) is 1. The Morgan fingerprint density at radius 3 is 2.52 bits per heavy atom. The molecular formula is C21H22ClN3O2. The van der Waals surface area contributed by atoms with Crippen LogP contribution in [-0.4, -0.2) is 60.0 Å². The highest BCUT2D eigenvalue weighted by Crippen LogP contribution is 2.17. The maximum Gasteiger partial charge on any atom is 0.270 e. The number of ether oxygens (including phenoxy) is 1. The van der Waals surface area contributed by atoms with Gasteiger partial charge in [-0.2, -0.15) is 0 Å². The quantitative estimate of drug-likeness (QED) is 0.731. The number of carbonyl (C=O) groups excluding carboxylic acids is 1. The van der Waals surface area contributed by atoms with E-state index in [2.05, 4.69) is 9.88 Å². The van der Waals surface area contributed by atoms with Gasteiger partial charge in [0.2, 0.25) is 0 Å². The van der Waals surface area contributed by atoms with Gasteiger partial charge in [0.25, 0.3) is 5.91 Å². The molecule has 0 unspecified atom stereocenters. The van der Waals surface area contributed by atoms with E-state index in [1.165, 1.54) is 0 Å². The van der Waals surface area contributed by atoms with Crippen molar-refractivity contribution in [3.8, 4) is 5.75 Å². The molecule has 1 aromatic heterocycles. The highest BCUT2D eigenvalue weighted by Gasteiger charge is 2.23. The van der Waals surface area contributed by atoms with Crippen LogP contribution in [0.4, 0.5) is 0 Å². The molecule has 0 atom stereocenters. The summed E-state index contributed by atoms with van der Waals surface area (Å²) < 4.78 is 5.76. The van der Waals surface area contributed by atoms with E-state index < -0.39 is 0 Å². The Kier molecular flexibility index (Phi) is 5.32. The first-order chi connectivity index (χ1) is 13.2. The van der Waals surface area contributed by atoms with Crippen LogP contribution < -0.4 is 4.74 Å². The molecule has 1 aliphatic rings. The minimum absolute atomic E-state index is 0.0725. The number of hydrogen-bond acceptors (Lipinski definition) is 3. The zero-order chi connectivity index (χ0) is 18.6. The van der Waals surface area contributed by atoms with Crippen LogP contribution in [0.3, 0.4) is 0 Å². The molecule has 0 spiro atoms. The Morgan fingerprint density at radius 2 is 1.78 bits per heavy atom. The first-order valence-electron chi connectivity index (χ1n) is 9.17. The molecular weight excluding hydrogens is 362 g/mol. The zero-order valence-electron chi connectivity index (χ0n) is 15.0. The van der Waals surface area contributed by atoms with Gasteiger partial charge in [-0.3, -0.25) is 9.69 Å². The summed E-state index contributed by atoms with van der Waals surface area (Å²) in [7, 11) is 0. The maximum atomic E-state index is 12.7. The third kappa shape index (κ3) is 4.26. The predicted molar refractivity (Wildman–Crippen MR) is 108 cm³/mol. The third-order valence-corrected chi connectivity index (χ3v) is 5.16. The van der Waals surface area contributed by atoms with E-state index >= 15 is 0 Å². The highest BCUT2D eigenvalue weighted by molar-refractivity contribution is 6.30. The summed E-state index contributed by atoms with van der Waals surface area (Å²) in [5.41, 5.74) is 1.66. The van der Waals surface area contributed by atoms with Crippen molar-refractivity contribution in [3.63, 3.8) is 0 Å². The molecule has 0 saturated carbocycles. The van der Waals surface area contributed by atoms with E-state index in [4.69, 9.17) is 16.3 Å². The number of rotatable bonds is 5. The van der Waals surface area contributed by atoms with E-state index in [9.17, 15) is 4.79 Å². The summed E-state index contributed by atoms with van der Waals surface area (Å²) in [5.74, 6) is 0.898. The predicted octanol–water partition coefficient (Wildman–Crippen LogP) is 3.66. The van der Waals surface area contributed by atoms with Crippen LogP contribution in [0.15, 0.2) is 54.6 Å². The topological polar surface area (TPSA) is 48.6 Å². The second-order valence-corrected chi connectivity index (χ2v) is 7.14. The van der Waals surface area contributed by atoms with Gasteiger partial charge < -0.3 is 14.6 Å². The summed E-state index contributed by atoms with van der Waals surface area (Å²) >= 11 is 5.88. The van der Waals surface area contributed by atoms with Crippen molar-refractivity contribution >= 4 is 28.4 Å². The minimum Gasteiger partial charge on any atom is -0.492 e. The van der Waals surface area contributed by atoms with Crippen molar-refractivity contribution in [2.45, 2.75) is 0 Å². The van der Waals surface area contributed by atoms with Crippen molar-refractivity contribution in [3.05, 3.63) is 65.3 Å². The normalized spacial score (nSPS) is 15.2. The summed E-state index contributed by atoms with van der Waals surface area (Å²) in [5, 5.41) is 1.77. The fraction of sp³-hybridized carbons (Fsp3) is 0.286. The van der Waals surface area contributed by atoms with E-state index in [0.717, 1.165) is 49.4 Å². The molecule has 1 amide bonds. The zero-order valence-corrected chi connectivity index (χ0v) is 15.8. The van der Waals surface area contributed by atoms with Gasteiger partial charge >= 0.3 is 0 Å². The first-order valence-corrected chi connectivity index (χ1v) is 9.54. The Balaban J connectivity index is 1.25. The summed E-state index contributed by atoms with van der Waals surface area (Å²) in [6, 6.07) is 17.3. The molecule has 1 N–H and O–H groups in total. The number of halogens is 1. The monoisotopic (exact) mass is 383 g/mol. The molecule has 1 aliphatic heterocycles. The van der Waals surface area contributed by atoms with Crippen LogP contribution in [0.5, 0.6) is 5.75 Å². The second kappa shape index (κ2) is 8.03. The number of nitrogens with zero attached hydrogens (tertiary/aromatic N) is 2. The van der Waals surface area contributed by atoms with Gasteiger partial charge in [0.15, 0.2) is 0 Å². The molecule has 1 fully saturated rings. The number of amides is 1. The number of para-hydroxylation sites is 1. The number of carbonyl (C=O) groups is 1. The first kappa shape index (κ1) is 17.9. The smallest absolute Gasteiger partial charge is 0.270 e. The molecule has 5 nitrogen and oxygen atoms in total. The molecule has 3 aromatic rings. The van der Waals surface area contributed by atoms with Crippen molar-refractivity contribution in [2.24, 2.45) is 0 Å². The van der Waals surface area contributed by atoms with Crippen LogP contribution in [0.25, 0.3) is 10.9 Å². The minimum atomic E-state index is 0.0725. The van der Waals surface area contributed by atoms with Gasteiger partial charge in [0.05, 0.1) is 0 Å². The Bertz CT molecular complexity index is 882. The molecule has 0 radical (unpaired) electrons. The number of fused-ring (bicyclic) bond motifs is 1. The van der Waals surface area contributed by atoms with Gasteiger partial charge in [0, 0.05) is 48.6 Å². The molecule has 2 heterocycles. The van der Waals surface area contributed by atoms with Crippen LogP contribution in [0.1, 0.15) is 10.5 Å². The van der Waals surface area contributed by atoms with Crippen molar-refractivity contribution < 1.29 is 9.53 Å². The largest absolute Gasteiger partial charge is 0.492 e. The Hall–Kier alpha value is -2.50. The van der Waals surface area contributed by atoms with Gasteiger partial charge in [0.1, 0.15) is 18.1 Å². The lowest BCUT2D eigenvalue weighted by Gasteiger charge is -2.34. The summed E-state index contributed by atoms with van der Waals surface area (Å²) in [4.78, 5) is 20.2. The molecule has 2 aromatic carbocycles. The molecule has 0 bridgehead atoms. The lowest BCUT2D eigenvalue weighted by Crippen LogP contribution is -2.49. The van der Waals surface area contributed by atoms with Gasteiger partial charge in [-0.05, 0) is 36.4 Å². The average molecular weight is 384 g/mol. The van der Waals surface area contributed by atoms with Gasteiger partial charge in [-0.15, -0.1) is 0 Å². The van der Waals surface area contributed by atoms with Crippen molar-refractivity contribution in [1.82, 2.24) is 14.8 Å². The number of H-pyrrole nitrogens is 1. The molecule has 27 heavy (non-hydrogen) atoms. The summed E-state index contributed by atoms with van der Waals surface area (Å²) in [6.45, 7) is 4.64. The molecule has 0 aliphatic carbocycles. The standard InChI is InChI=1S/C21H22ClN3O2/c22-17-5-7-18(8-6-17)27-14-13-24-9-11-25(12-10-24)21(26)20-15-16-3-1-2-4-19(16)23-20/h1-8,15,23H,9-14H2. The molecule has 1 saturated heterocycles. The number of benzene rings is 2. The van der Waals surface area contributed by atoms with Crippen LogP contribution in [0, 0.1) is 0 Å². The molecule has 140 valence electrons. The number of aromatic amines is 1. The van der Waals surface area contributed by atoms with Crippen LogP contribution in [-0.2, 0) is 0 Å². The highest BCUT2D eigenvalue weighted by atomic mass is 35.5. The lowest BCUT2D eigenvalue weighted by atomic mass is 10.2. The van der Waals surface area contributed by atoms with Gasteiger partial charge in [-0.25, -0.2) is 0 Å². The SMILES string of the molecule is O=C(c1cc2ccccc2[nH]1)N1CCN(CCOc2ccc(Cl)cc2)CC1. The Morgan fingerprint density at radius 1 is 1.04 bits per heavy atom. The van der Waals surface area contributed by atoms with Crippen molar-refractivity contribution in [2.75, 3.05) is 39.3 Å². The fourth-order valence-corrected chi connectivity index (χ4v) is 3.48. The maximum absolute atomic E-state index is 12.7. The van der Waals surface area contributed by atoms with Crippen LogP contribution >= 0.6 is 11.6 Å². The van der Waals surface area contributed by atoms with Crippen LogP contribution in [0.2, 0.25) is 5.02 Å². The number of nitrogens with one attached hydrogen (secondary N) is 1. The van der Waals surface area contributed by atoms with E-state index in [-0.39, 0.29) is 5.91 Å². The average Bonchev–Trinajstić information content (AvgIpc) is 3.14. The molecule has 4 rings (SSSR count). The number of piperazine rings is 1. The van der Waals surface area contributed by atoms with E-state index in [0.29, 0.717) is 17.3 Å². The fourth-order valence-electron chi connectivity index (χ4n) is 3.36. The van der Waals surface area contributed by atoms with Gasteiger partial charge in [-0.1, -0.05) is 29.8 Å². The molecule has 6 heteroatoms. The van der Waals surface area contributed by atoms with E-state index in [1.54, 1.807) is 0 Å². The Labute approximate surface area is 163 Å². The van der Waals surface area contributed by atoms with E-state index in [1.807, 2.05) is 59.5 Å².